The first-order valence-corrected chi connectivity index (χ1v) is 11.0. The molecule has 3 aliphatic rings. The van der Waals surface area contributed by atoms with Crippen LogP contribution in [0.2, 0.25) is 5.02 Å². The van der Waals surface area contributed by atoms with Gasteiger partial charge in [-0.2, -0.15) is 0 Å². The average molecular weight is 440 g/mol. The number of carbonyl (C=O) groups excluding carboxylic acids is 2. The molecule has 1 N–H and O–H groups in total. The van der Waals surface area contributed by atoms with Gasteiger partial charge in [-0.25, -0.2) is 4.79 Å². The highest BCUT2D eigenvalue weighted by molar-refractivity contribution is 6.30. The molecule has 2 aromatic rings. The van der Waals surface area contributed by atoms with Crippen molar-refractivity contribution in [3.05, 3.63) is 64.7 Å². The molecule has 7 nitrogen and oxygen atoms in total. The van der Waals surface area contributed by atoms with E-state index >= 15 is 0 Å². The Bertz CT molecular complexity index is 1010. The van der Waals surface area contributed by atoms with Gasteiger partial charge in [0, 0.05) is 30.8 Å². The molecule has 2 aromatic carbocycles. The van der Waals surface area contributed by atoms with Gasteiger partial charge < -0.3 is 9.80 Å². The van der Waals surface area contributed by atoms with Crippen molar-refractivity contribution < 1.29 is 9.59 Å². The third-order valence-electron chi connectivity index (χ3n) is 6.47. The van der Waals surface area contributed by atoms with E-state index in [0.717, 1.165) is 30.8 Å². The molecule has 31 heavy (non-hydrogen) atoms. The predicted molar refractivity (Wildman–Crippen MR) is 120 cm³/mol. The van der Waals surface area contributed by atoms with Crippen LogP contribution in [0.5, 0.6) is 0 Å². The molecule has 162 valence electrons. The molecule has 0 saturated carbocycles. The predicted octanol–water partition coefficient (Wildman–Crippen LogP) is 2.84. The SMILES string of the molecule is Cc1ccc(N2CCCN3C4C(=O)N(Cc5cccc(Cl)c5)C(=O)N(C)C4NC23)cc1. The Kier molecular flexibility index (Phi) is 5.12. The van der Waals surface area contributed by atoms with Gasteiger partial charge in [0.05, 0.1) is 6.54 Å². The molecule has 3 unspecified atom stereocenters. The van der Waals surface area contributed by atoms with Crippen LogP contribution in [0.4, 0.5) is 10.5 Å². The maximum Gasteiger partial charge on any atom is 0.328 e. The van der Waals surface area contributed by atoms with Gasteiger partial charge in [-0.05, 0) is 43.2 Å². The first kappa shape index (κ1) is 20.3. The smallest absolute Gasteiger partial charge is 0.328 e. The lowest BCUT2D eigenvalue weighted by molar-refractivity contribution is -0.139. The number of rotatable bonds is 3. The minimum atomic E-state index is -0.417. The van der Waals surface area contributed by atoms with Gasteiger partial charge in [0.2, 0.25) is 0 Å². The largest absolute Gasteiger partial charge is 0.343 e. The lowest BCUT2D eigenvalue weighted by Gasteiger charge is -2.44. The molecule has 3 saturated heterocycles. The van der Waals surface area contributed by atoms with Crippen LogP contribution in [0, 0.1) is 6.92 Å². The Labute approximate surface area is 187 Å². The van der Waals surface area contributed by atoms with Crippen molar-refractivity contribution in [2.75, 3.05) is 25.0 Å². The van der Waals surface area contributed by atoms with E-state index in [9.17, 15) is 9.59 Å². The summed E-state index contributed by atoms with van der Waals surface area (Å²) in [6.07, 6.45) is 0.470. The minimum Gasteiger partial charge on any atom is -0.343 e. The molecule has 0 bridgehead atoms. The zero-order chi connectivity index (χ0) is 21.7. The molecule has 8 heteroatoms. The number of amides is 3. The van der Waals surface area contributed by atoms with Crippen LogP contribution in [-0.4, -0.2) is 65.3 Å². The van der Waals surface area contributed by atoms with Crippen LogP contribution in [-0.2, 0) is 11.3 Å². The maximum atomic E-state index is 13.5. The highest BCUT2D eigenvalue weighted by Crippen LogP contribution is 2.33. The Balaban J connectivity index is 1.43. The van der Waals surface area contributed by atoms with Gasteiger partial charge in [0.25, 0.3) is 5.91 Å². The molecule has 3 atom stereocenters. The number of hydrogen-bond acceptors (Lipinski definition) is 5. The molecular formula is C23H26ClN5O2. The molecule has 3 heterocycles. The Morgan fingerprint density at radius 1 is 1.10 bits per heavy atom. The zero-order valence-corrected chi connectivity index (χ0v) is 18.4. The third kappa shape index (κ3) is 3.46. The van der Waals surface area contributed by atoms with Crippen molar-refractivity contribution >= 4 is 29.2 Å². The minimum absolute atomic E-state index is 0.128. The van der Waals surface area contributed by atoms with E-state index in [-0.39, 0.29) is 30.9 Å². The summed E-state index contributed by atoms with van der Waals surface area (Å²) in [5, 5.41) is 4.14. The van der Waals surface area contributed by atoms with Crippen molar-refractivity contribution in [1.29, 1.82) is 0 Å². The average Bonchev–Trinajstić information content (AvgIpc) is 3.16. The van der Waals surface area contributed by atoms with Gasteiger partial charge in [-0.15, -0.1) is 0 Å². The fourth-order valence-corrected chi connectivity index (χ4v) is 5.10. The number of anilines is 1. The van der Waals surface area contributed by atoms with Gasteiger partial charge in [-0.3, -0.25) is 19.9 Å². The highest BCUT2D eigenvalue weighted by Gasteiger charge is 2.56. The summed E-state index contributed by atoms with van der Waals surface area (Å²) in [6, 6.07) is 15.0. The number of nitrogens with zero attached hydrogens (tertiary/aromatic N) is 4. The number of hydrogen-bond donors (Lipinski definition) is 1. The topological polar surface area (TPSA) is 59.1 Å². The molecule has 3 fully saturated rings. The summed E-state index contributed by atoms with van der Waals surface area (Å²) in [7, 11) is 1.76. The van der Waals surface area contributed by atoms with Crippen LogP contribution in [0.15, 0.2) is 48.5 Å². The summed E-state index contributed by atoms with van der Waals surface area (Å²) < 4.78 is 0. The standard InChI is InChI=1S/C23H26ClN5O2/c1-15-7-9-18(10-8-15)27-11-4-12-28-19-20(25-22(27)28)26(2)23(31)29(21(19)30)14-16-5-3-6-17(24)13-16/h3,5-10,13,19-20,22,25H,4,11-12,14H2,1-2H3. The molecule has 5 rings (SSSR count). The number of benzene rings is 2. The number of aryl methyl sites for hydroxylation is 1. The molecule has 0 aromatic heterocycles. The van der Waals surface area contributed by atoms with Crippen LogP contribution < -0.4 is 10.2 Å². The van der Waals surface area contributed by atoms with Crippen LogP contribution in [0.3, 0.4) is 0 Å². The number of nitrogens with one attached hydrogen (secondary N) is 1. The number of halogens is 1. The van der Waals surface area contributed by atoms with Crippen molar-refractivity contribution in [3.63, 3.8) is 0 Å². The molecule has 0 aliphatic carbocycles. The van der Waals surface area contributed by atoms with E-state index in [1.54, 1.807) is 24.1 Å². The summed E-state index contributed by atoms with van der Waals surface area (Å²) >= 11 is 6.11. The second-order valence-electron chi connectivity index (χ2n) is 8.50. The van der Waals surface area contributed by atoms with E-state index in [4.69, 9.17) is 11.6 Å². The van der Waals surface area contributed by atoms with Crippen LogP contribution in [0.25, 0.3) is 0 Å². The van der Waals surface area contributed by atoms with Crippen LogP contribution in [0.1, 0.15) is 17.5 Å². The second-order valence-corrected chi connectivity index (χ2v) is 8.93. The molecule has 3 amide bonds. The fraction of sp³-hybridized carbons (Fsp3) is 0.391. The van der Waals surface area contributed by atoms with Gasteiger partial charge in [0.1, 0.15) is 18.5 Å². The van der Waals surface area contributed by atoms with E-state index in [2.05, 4.69) is 46.3 Å². The molecular weight excluding hydrogens is 414 g/mol. The van der Waals surface area contributed by atoms with E-state index in [1.807, 2.05) is 12.1 Å². The zero-order valence-electron chi connectivity index (χ0n) is 17.7. The Morgan fingerprint density at radius 3 is 2.61 bits per heavy atom. The fourth-order valence-electron chi connectivity index (χ4n) is 4.88. The second kappa shape index (κ2) is 7.82. The van der Waals surface area contributed by atoms with Crippen molar-refractivity contribution in [1.82, 2.24) is 20.0 Å². The molecule has 3 aliphatic heterocycles. The Morgan fingerprint density at radius 2 is 1.87 bits per heavy atom. The normalized spacial score (nSPS) is 26.3. The quantitative estimate of drug-likeness (QED) is 0.797. The Hall–Kier alpha value is -2.61. The first-order valence-electron chi connectivity index (χ1n) is 10.6. The van der Waals surface area contributed by atoms with Crippen molar-refractivity contribution in [3.8, 4) is 0 Å². The lowest BCUT2D eigenvalue weighted by atomic mass is 10.1. The maximum absolute atomic E-state index is 13.5. The summed E-state index contributed by atoms with van der Waals surface area (Å²) in [5.74, 6) is -0.158. The number of carbonyl (C=O) groups is 2. The van der Waals surface area contributed by atoms with Crippen molar-refractivity contribution in [2.45, 2.75) is 38.4 Å². The highest BCUT2D eigenvalue weighted by atomic mass is 35.5. The van der Waals surface area contributed by atoms with Gasteiger partial charge >= 0.3 is 6.03 Å². The van der Waals surface area contributed by atoms with Gasteiger partial charge in [-0.1, -0.05) is 41.4 Å². The first-order chi connectivity index (χ1) is 14.9. The number of likely N-dealkylation sites (N-methyl/N-ethyl adjacent to an activating group) is 1. The van der Waals surface area contributed by atoms with Gasteiger partial charge in [0.15, 0.2) is 0 Å². The summed E-state index contributed by atoms with van der Waals surface area (Å²) in [4.78, 5) is 34.1. The van der Waals surface area contributed by atoms with Crippen LogP contribution >= 0.6 is 11.6 Å². The van der Waals surface area contributed by atoms with E-state index < -0.39 is 6.04 Å². The lowest BCUT2D eigenvalue weighted by Crippen LogP contribution is -2.66. The summed E-state index contributed by atoms with van der Waals surface area (Å²) in [6.45, 7) is 3.99. The number of urea groups is 1. The third-order valence-corrected chi connectivity index (χ3v) is 6.70. The van der Waals surface area contributed by atoms with Crippen molar-refractivity contribution in [2.24, 2.45) is 0 Å². The monoisotopic (exact) mass is 439 g/mol. The summed E-state index contributed by atoms with van der Waals surface area (Å²) in [5.41, 5.74) is 3.16. The number of fused-ring (bicyclic) bond motifs is 3. The molecule has 0 spiro atoms. The van der Waals surface area contributed by atoms with E-state index in [0.29, 0.717) is 5.02 Å². The molecule has 0 radical (unpaired) electrons. The number of imide groups is 1. The van der Waals surface area contributed by atoms with E-state index in [1.165, 1.54) is 10.5 Å².